The van der Waals surface area contributed by atoms with Gasteiger partial charge in [-0.1, -0.05) is 5.57 Å². The monoisotopic (exact) mass is 154 g/mol. The van der Waals surface area contributed by atoms with Gasteiger partial charge < -0.3 is 4.74 Å². The predicted octanol–water partition coefficient (Wildman–Crippen LogP) is 0.695. The minimum atomic E-state index is -0.326. The van der Waals surface area contributed by atoms with E-state index in [0.717, 1.165) is 5.57 Å². The fourth-order valence-corrected chi connectivity index (χ4v) is 1.19. The lowest BCUT2D eigenvalue weighted by atomic mass is 10.0. The average Bonchev–Trinajstić information content (AvgIpc) is 2.28. The maximum absolute atomic E-state index is 11.0. The second kappa shape index (κ2) is 2.86. The number of ketones is 1. The Kier molecular flexibility index (Phi) is 2.08. The molecule has 0 heterocycles. The molecule has 0 spiro atoms. The topological polar surface area (TPSA) is 43.4 Å². The van der Waals surface area contributed by atoms with Crippen LogP contribution in [0.2, 0.25) is 0 Å². The molecule has 1 rings (SSSR count). The number of ether oxygens (including phenoxy) is 1. The molecule has 0 bridgehead atoms. The summed E-state index contributed by atoms with van der Waals surface area (Å²) in [5, 5.41) is 0. The van der Waals surface area contributed by atoms with Gasteiger partial charge in [0.1, 0.15) is 0 Å². The number of carbonyl (C=O) groups excluding carboxylic acids is 2. The third-order valence-electron chi connectivity index (χ3n) is 1.83. The van der Waals surface area contributed by atoms with E-state index in [4.69, 9.17) is 0 Å². The van der Waals surface area contributed by atoms with Crippen LogP contribution in [0.3, 0.4) is 0 Å². The van der Waals surface area contributed by atoms with Crippen molar-refractivity contribution in [3.8, 4) is 0 Å². The third-order valence-corrected chi connectivity index (χ3v) is 1.83. The van der Waals surface area contributed by atoms with E-state index in [-0.39, 0.29) is 24.1 Å². The van der Waals surface area contributed by atoms with Gasteiger partial charge in [-0.2, -0.15) is 0 Å². The summed E-state index contributed by atoms with van der Waals surface area (Å²) < 4.78 is 4.52. The van der Waals surface area contributed by atoms with Crippen LogP contribution in [0.4, 0.5) is 0 Å². The first-order valence-electron chi connectivity index (χ1n) is 3.44. The Morgan fingerprint density at radius 1 is 1.73 bits per heavy atom. The summed E-state index contributed by atoms with van der Waals surface area (Å²) in [6.07, 6.45) is 1.78. The van der Waals surface area contributed by atoms with Gasteiger partial charge in [-0.15, -0.1) is 0 Å². The van der Waals surface area contributed by atoms with E-state index in [0.29, 0.717) is 0 Å². The second-order valence-electron chi connectivity index (χ2n) is 2.63. The summed E-state index contributed by atoms with van der Waals surface area (Å²) in [7, 11) is 1.33. The molecule has 0 aromatic heterocycles. The molecule has 0 amide bonds. The molecular formula is C8H10O3. The molecule has 0 saturated heterocycles. The first-order valence-corrected chi connectivity index (χ1v) is 3.44. The Morgan fingerprint density at radius 3 is 2.73 bits per heavy atom. The van der Waals surface area contributed by atoms with Gasteiger partial charge in [0, 0.05) is 6.42 Å². The number of rotatable bonds is 1. The highest BCUT2D eigenvalue weighted by Crippen LogP contribution is 2.23. The number of allylic oxidation sites excluding steroid dienone is 1. The molecule has 0 radical (unpaired) electrons. The summed E-state index contributed by atoms with van der Waals surface area (Å²) in [4.78, 5) is 21.8. The normalized spacial score (nSPS) is 23.3. The zero-order valence-electron chi connectivity index (χ0n) is 6.59. The van der Waals surface area contributed by atoms with Gasteiger partial charge >= 0.3 is 5.97 Å². The van der Waals surface area contributed by atoms with Gasteiger partial charge in [0.25, 0.3) is 0 Å². The largest absolute Gasteiger partial charge is 0.469 e. The molecule has 1 aliphatic carbocycles. The first-order chi connectivity index (χ1) is 5.15. The fourth-order valence-electron chi connectivity index (χ4n) is 1.19. The number of hydrogen-bond donors (Lipinski definition) is 0. The zero-order chi connectivity index (χ0) is 8.43. The molecule has 11 heavy (non-hydrogen) atoms. The molecule has 0 aromatic rings. The van der Waals surface area contributed by atoms with E-state index in [1.807, 2.05) is 0 Å². The molecule has 0 aromatic carbocycles. The first kappa shape index (κ1) is 7.98. The van der Waals surface area contributed by atoms with Crippen LogP contribution < -0.4 is 0 Å². The van der Waals surface area contributed by atoms with E-state index in [9.17, 15) is 9.59 Å². The van der Waals surface area contributed by atoms with E-state index < -0.39 is 0 Å². The van der Waals surface area contributed by atoms with Gasteiger partial charge in [0.15, 0.2) is 5.78 Å². The molecule has 0 fully saturated rings. The number of hydrogen-bond acceptors (Lipinski definition) is 3. The van der Waals surface area contributed by atoms with Crippen molar-refractivity contribution < 1.29 is 14.3 Å². The fraction of sp³-hybridized carbons (Fsp3) is 0.500. The van der Waals surface area contributed by atoms with Crippen molar-refractivity contribution in [1.82, 2.24) is 0 Å². The van der Waals surface area contributed by atoms with Crippen LogP contribution in [0.1, 0.15) is 13.3 Å². The number of carbonyl (C=O) groups is 2. The molecule has 0 aliphatic heterocycles. The summed E-state index contributed by atoms with van der Waals surface area (Å²) in [6, 6.07) is 0. The van der Waals surface area contributed by atoms with Gasteiger partial charge in [-0.05, 0) is 13.0 Å². The molecule has 60 valence electrons. The molecule has 1 atom stereocenters. The standard InChI is InChI=1S/C8H10O3/c1-5-3-6(9)4-7(5)8(10)11-2/h3,7H,4H2,1-2H3. The van der Waals surface area contributed by atoms with Crippen molar-refractivity contribution in [2.45, 2.75) is 13.3 Å². The van der Waals surface area contributed by atoms with Gasteiger partial charge in [0.05, 0.1) is 13.0 Å². The van der Waals surface area contributed by atoms with E-state index in [2.05, 4.69) is 4.74 Å². The van der Waals surface area contributed by atoms with Crippen molar-refractivity contribution in [1.29, 1.82) is 0 Å². The average molecular weight is 154 g/mol. The molecule has 3 nitrogen and oxygen atoms in total. The Balaban J connectivity index is 2.71. The Labute approximate surface area is 65.0 Å². The van der Waals surface area contributed by atoms with Crippen LogP contribution in [0, 0.1) is 5.92 Å². The molecule has 3 heteroatoms. The highest BCUT2D eigenvalue weighted by Gasteiger charge is 2.28. The van der Waals surface area contributed by atoms with Gasteiger partial charge in [0.2, 0.25) is 0 Å². The minimum absolute atomic E-state index is 0.0119. The van der Waals surface area contributed by atoms with Crippen LogP contribution in [0.5, 0.6) is 0 Å². The molecule has 0 saturated carbocycles. The summed E-state index contributed by atoms with van der Waals surface area (Å²) in [6.45, 7) is 1.77. The Hall–Kier alpha value is -1.12. The van der Waals surface area contributed by atoms with Crippen LogP contribution in [-0.4, -0.2) is 18.9 Å². The number of methoxy groups -OCH3 is 1. The van der Waals surface area contributed by atoms with E-state index >= 15 is 0 Å². The molecule has 0 N–H and O–H groups in total. The maximum Gasteiger partial charge on any atom is 0.313 e. The smallest absolute Gasteiger partial charge is 0.313 e. The lowest BCUT2D eigenvalue weighted by Crippen LogP contribution is -2.15. The van der Waals surface area contributed by atoms with Crippen LogP contribution in [0.25, 0.3) is 0 Å². The van der Waals surface area contributed by atoms with E-state index in [1.165, 1.54) is 13.2 Å². The van der Waals surface area contributed by atoms with Crippen LogP contribution in [-0.2, 0) is 14.3 Å². The highest BCUT2D eigenvalue weighted by atomic mass is 16.5. The lowest BCUT2D eigenvalue weighted by Gasteiger charge is -2.06. The SMILES string of the molecule is COC(=O)C1CC(=O)C=C1C. The predicted molar refractivity (Wildman–Crippen MR) is 38.9 cm³/mol. The van der Waals surface area contributed by atoms with Gasteiger partial charge in [-0.3, -0.25) is 9.59 Å². The Bertz CT molecular complexity index is 227. The quantitative estimate of drug-likeness (QED) is 0.522. The number of esters is 1. The van der Waals surface area contributed by atoms with Crippen LogP contribution >= 0.6 is 0 Å². The molecular weight excluding hydrogens is 144 g/mol. The third kappa shape index (κ3) is 1.48. The highest BCUT2D eigenvalue weighted by molar-refractivity contribution is 5.98. The van der Waals surface area contributed by atoms with Crippen molar-refractivity contribution >= 4 is 11.8 Å². The second-order valence-corrected chi connectivity index (χ2v) is 2.63. The van der Waals surface area contributed by atoms with Crippen molar-refractivity contribution in [3.05, 3.63) is 11.6 Å². The lowest BCUT2D eigenvalue weighted by molar-refractivity contribution is -0.144. The van der Waals surface area contributed by atoms with Crippen LogP contribution in [0.15, 0.2) is 11.6 Å². The van der Waals surface area contributed by atoms with Crippen molar-refractivity contribution in [2.24, 2.45) is 5.92 Å². The summed E-state index contributed by atoms with van der Waals surface area (Å²) in [5.41, 5.74) is 0.807. The van der Waals surface area contributed by atoms with E-state index in [1.54, 1.807) is 6.92 Å². The summed E-state index contributed by atoms with van der Waals surface area (Å²) >= 11 is 0. The van der Waals surface area contributed by atoms with Crippen molar-refractivity contribution in [2.75, 3.05) is 7.11 Å². The molecule has 1 aliphatic rings. The van der Waals surface area contributed by atoms with Gasteiger partial charge in [-0.25, -0.2) is 0 Å². The maximum atomic E-state index is 11.0. The van der Waals surface area contributed by atoms with Crippen molar-refractivity contribution in [3.63, 3.8) is 0 Å². The zero-order valence-corrected chi connectivity index (χ0v) is 6.59. The Morgan fingerprint density at radius 2 is 2.36 bits per heavy atom. The summed E-state index contributed by atoms with van der Waals surface area (Å²) in [5.74, 6) is -0.630. The molecule has 1 unspecified atom stereocenters. The minimum Gasteiger partial charge on any atom is -0.469 e.